The molecule has 7 aromatic rings. The predicted molar refractivity (Wildman–Crippen MR) is 214 cm³/mol. The van der Waals surface area contributed by atoms with E-state index in [1.54, 1.807) is 0 Å². The van der Waals surface area contributed by atoms with Crippen LogP contribution in [-0.2, 0) is 10.8 Å². The number of anilines is 6. The van der Waals surface area contributed by atoms with Crippen LogP contribution in [-0.4, -0.2) is 0 Å². The van der Waals surface area contributed by atoms with Crippen molar-refractivity contribution >= 4 is 44.9 Å². The molecule has 1 aliphatic rings. The highest BCUT2D eigenvalue weighted by Gasteiger charge is 2.37. The van der Waals surface area contributed by atoms with E-state index >= 15 is 0 Å². The predicted octanol–water partition coefficient (Wildman–Crippen LogP) is 13.8. The summed E-state index contributed by atoms with van der Waals surface area (Å²) in [5.41, 5.74) is 12.5. The van der Waals surface area contributed by atoms with Gasteiger partial charge in [0.1, 0.15) is 0 Å². The lowest BCUT2D eigenvalue weighted by atomic mass is 9.63. The first kappa shape index (κ1) is 31.7. The van der Waals surface area contributed by atoms with Gasteiger partial charge >= 0.3 is 0 Å². The molecule has 0 N–H and O–H groups in total. The lowest BCUT2D eigenvalue weighted by molar-refractivity contribution is 0.332. The molecule has 0 fully saturated rings. The summed E-state index contributed by atoms with van der Waals surface area (Å²) in [6, 6.07) is 61.7. The van der Waals surface area contributed by atoms with Gasteiger partial charge in [0.05, 0.1) is 5.69 Å². The summed E-state index contributed by atoms with van der Waals surface area (Å²) in [5, 5.41) is 2.46. The molecule has 0 aromatic heterocycles. The largest absolute Gasteiger partial charge is 0.310 e. The van der Waals surface area contributed by atoms with Gasteiger partial charge < -0.3 is 9.80 Å². The van der Waals surface area contributed by atoms with Gasteiger partial charge in [0.15, 0.2) is 0 Å². The number of hydrogen-bond acceptors (Lipinski definition) is 2. The zero-order chi connectivity index (χ0) is 34.3. The van der Waals surface area contributed by atoms with Gasteiger partial charge in [-0.2, -0.15) is 0 Å². The topological polar surface area (TPSA) is 6.48 Å². The van der Waals surface area contributed by atoms with Gasteiger partial charge in [-0.05, 0) is 118 Å². The van der Waals surface area contributed by atoms with E-state index in [2.05, 4.69) is 207 Å². The van der Waals surface area contributed by atoms with Crippen LogP contribution in [0.1, 0.15) is 51.7 Å². The van der Waals surface area contributed by atoms with E-state index < -0.39 is 0 Å². The number of rotatable bonds is 7. The van der Waals surface area contributed by atoms with E-state index in [0.29, 0.717) is 0 Å². The fourth-order valence-electron chi connectivity index (χ4n) is 7.78. The molecule has 1 aliphatic carbocycles. The van der Waals surface area contributed by atoms with Crippen LogP contribution in [0.25, 0.3) is 21.9 Å². The molecule has 0 spiro atoms. The summed E-state index contributed by atoms with van der Waals surface area (Å²) >= 11 is 0. The molecule has 8 rings (SSSR count). The SMILES string of the molecule is CC1(C)CCC(C)(C)c2cc(N(c3ccccc3)c3cccc(-c4ccc(N(c5ccccc5)c5cccc6ccccc56)cc4)c3)ccc21. The van der Waals surface area contributed by atoms with Crippen molar-refractivity contribution in [1.29, 1.82) is 0 Å². The Balaban J connectivity index is 1.19. The molecule has 0 bridgehead atoms. The molecule has 0 atom stereocenters. The molecule has 7 aromatic carbocycles. The minimum Gasteiger partial charge on any atom is -0.310 e. The molecule has 2 heteroatoms. The van der Waals surface area contributed by atoms with Crippen molar-refractivity contribution in [2.24, 2.45) is 0 Å². The summed E-state index contributed by atoms with van der Waals surface area (Å²) in [6.07, 6.45) is 2.40. The molecular weight excluding hydrogens is 605 g/mol. The summed E-state index contributed by atoms with van der Waals surface area (Å²) in [4.78, 5) is 4.77. The van der Waals surface area contributed by atoms with E-state index in [0.717, 1.165) is 22.7 Å². The van der Waals surface area contributed by atoms with Crippen molar-refractivity contribution in [2.75, 3.05) is 9.80 Å². The Hall–Kier alpha value is -5.60. The lowest BCUT2D eigenvalue weighted by Crippen LogP contribution is -2.34. The molecule has 2 nitrogen and oxygen atoms in total. The number of benzene rings is 7. The Morgan fingerprint density at radius 1 is 0.380 bits per heavy atom. The summed E-state index contributed by atoms with van der Waals surface area (Å²) in [5.74, 6) is 0. The van der Waals surface area contributed by atoms with Gasteiger partial charge in [0.2, 0.25) is 0 Å². The highest BCUT2D eigenvalue weighted by Crippen LogP contribution is 2.48. The summed E-state index contributed by atoms with van der Waals surface area (Å²) in [7, 11) is 0. The number of nitrogens with zero attached hydrogens (tertiary/aromatic N) is 2. The maximum Gasteiger partial charge on any atom is 0.0540 e. The lowest BCUT2D eigenvalue weighted by Gasteiger charge is -2.42. The van der Waals surface area contributed by atoms with E-state index in [1.165, 1.54) is 57.2 Å². The molecule has 0 aliphatic heterocycles. The smallest absolute Gasteiger partial charge is 0.0540 e. The van der Waals surface area contributed by atoms with Crippen LogP contribution in [0.3, 0.4) is 0 Å². The van der Waals surface area contributed by atoms with Gasteiger partial charge in [0, 0.05) is 33.8 Å². The Labute approximate surface area is 297 Å². The van der Waals surface area contributed by atoms with Gasteiger partial charge in [-0.1, -0.05) is 131 Å². The quantitative estimate of drug-likeness (QED) is 0.170. The molecule has 0 unspecified atom stereocenters. The molecule has 0 radical (unpaired) electrons. The monoisotopic (exact) mass is 648 g/mol. The van der Waals surface area contributed by atoms with Crippen LogP contribution in [0.5, 0.6) is 0 Å². The van der Waals surface area contributed by atoms with Crippen molar-refractivity contribution in [2.45, 2.75) is 51.4 Å². The second-order valence-electron chi connectivity index (χ2n) is 14.9. The Morgan fingerprint density at radius 2 is 0.900 bits per heavy atom. The fourth-order valence-corrected chi connectivity index (χ4v) is 7.78. The van der Waals surface area contributed by atoms with Crippen molar-refractivity contribution in [1.82, 2.24) is 0 Å². The fraction of sp³-hybridized carbons (Fsp3) is 0.167. The molecule has 0 saturated carbocycles. The molecular formula is C48H44N2. The van der Waals surface area contributed by atoms with E-state index in [-0.39, 0.29) is 10.8 Å². The Bertz CT molecular complexity index is 2260. The van der Waals surface area contributed by atoms with E-state index in [1.807, 2.05) is 0 Å². The third kappa shape index (κ3) is 5.86. The van der Waals surface area contributed by atoms with E-state index in [9.17, 15) is 0 Å². The third-order valence-corrected chi connectivity index (χ3v) is 10.7. The Morgan fingerprint density at radius 3 is 1.62 bits per heavy atom. The van der Waals surface area contributed by atoms with Crippen molar-refractivity contribution in [3.05, 3.63) is 181 Å². The van der Waals surface area contributed by atoms with Crippen LogP contribution < -0.4 is 9.80 Å². The van der Waals surface area contributed by atoms with Crippen LogP contribution in [0, 0.1) is 0 Å². The summed E-state index contributed by atoms with van der Waals surface area (Å²) in [6.45, 7) is 9.60. The average Bonchev–Trinajstić information content (AvgIpc) is 3.15. The highest BCUT2D eigenvalue weighted by molar-refractivity contribution is 5.99. The van der Waals surface area contributed by atoms with Gasteiger partial charge in [-0.15, -0.1) is 0 Å². The molecule has 0 heterocycles. The third-order valence-electron chi connectivity index (χ3n) is 10.7. The first-order chi connectivity index (χ1) is 24.3. The second kappa shape index (κ2) is 12.7. The van der Waals surface area contributed by atoms with Gasteiger partial charge in [-0.25, -0.2) is 0 Å². The number of para-hydroxylation sites is 2. The van der Waals surface area contributed by atoms with Crippen molar-refractivity contribution in [3.8, 4) is 11.1 Å². The maximum atomic E-state index is 2.45. The molecule has 50 heavy (non-hydrogen) atoms. The van der Waals surface area contributed by atoms with Crippen LogP contribution in [0.15, 0.2) is 170 Å². The first-order valence-electron chi connectivity index (χ1n) is 17.8. The van der Waals surface area contributed by atoms with Crippen LogP contribution in [0.4, 0.5) is 34.1 Å². The minimum atomic E-state index is 0.131. The molecule has 0 saturated heterocycles. The number of hydrogen-bond donors (Lipinski definition) is 0. The zero-order valence-electron chi connectivity index (χ0n) is 29.5. The van der Waals surface area contributed by atoms with Crippen LogP contribution in [0.2, 0.25) is 0 Å². The van der Waals surface area contributed by atoms with Gasteiger partial charge in [-0.3, -0.25) is 0 Å². The Kier molecular flexibility index (Phi) is 8.04. The standard InChI is InChI=1S/C48H44N2/c1-47(2)31-32-48(3,4)45-34-42(29-30-44(45)47)49(38-18-7-5-8-19-38)41-22-13-17-37(33-41)35-25-27-40(28-26-35)50(39-20-9-6-10-21-39)46-24-14-16-36-15-11-12-23-43(36)46/h5-30,33-34H,31-32H2,1-4H3. The zero-order valence-corrected chi connectivity index (χ0v) is 29.5. The first-order valence-corrected chi connectivity index (χ1v) is 17.8. The van der Waals surface area contributed by atoms with Crippen LogP contribution >= 0.6 is 0 Å². The normalized spacial score (nSPS) is 14.6. The van der Waals surface area contributed by atoms with Gasteiger partial charge in [0.25, 0.3) is 0 Å². The highest BCUT2D eigenvalue weighted by atomic mass is 15.1. The van der Waals surface area contributed by atoms with Crippen molar-refractivity contribution in [3.63, 3.8) is 0 Å². The van der Waals surface area contributed by atoms with E-state index in [4.69, 9.17) is 0 Å². The average molecular weight is 649 g/mol. The molecule has 0 amide bonds. The number of fused-ring (bicyclic) bond motifs is 2. The maximum absolute atomic E-state index is 2.45. The summed E-state index contributed by atoms with van der Waals surface area (Å²) < 4.78 is 0. The molecule has 246 valence electrons. The minimum absolute atomic E-state index is 0.131. The second-order valence-corrected chi connectivity index (χ2v) is 14.9. The van der Waals surface area contributed by atoms with Crippen molar-refractivity contribution < 1.29 is 0 Å².